The van der Waals surface area contributed by atoms with Crippen molar-refractivity contribution in [2.75, 3.05) is 26.4 Å². The molecule has 100 valence electrons. The van der Waals surface area contributed by atoms with Crippen LogP contribution < -0.4 is 5.32 Å². The van der Waals surface area contributed by atoms with Gasteiger partial charge in [-0.15, -0.1) is 0 Å². The van der Waals surface area contributed by atoms with Crippen molar-refractivity contribution in [3.05, 3.63) is 35.6 Å². The Balaban J connectivity index is 1.50. The van der Waals surface area contributed by atoms with Crippen molar-refractivity contribution in [1.29, 1.82) is 0 Å². The van der Waals surface area contributed by atoms with Crippen LogP contribution in [0.4, 0.5) is 4.39 Å². The summed E-state index contributed by atoms with van der Waals surface area (Å²) in [6, 6.07) is 6.97. The minimum absolute atomic E-state index is 0.223. The third-order valence-corrected chi connectivity index (χ3v) is 3.01. The smallest absolute Gasteiger partial charge is 0.123 e. The maximum Gasteiger partial charge on any atom is 0.123 e. The molecule has 3 nitrogen and oxygen atoms in total. The molecule has 0 bridgehead atoms. The molecule has 18 heavy (non-hydrogen) atoms. The van der Waals surface area contributed by atoms with Crippen molar-refractivity contribution >= 4 is 0 Å². The molecule has 1 aromatic carbocycles. The number of benzene rings is 1. The van der Waals surface area contributed by atoms with E-state index in [1.54, 1.807) is 6.07 Å². The van der Waals surface area contributed by atoms with E-state index in [-0.39, 0.29) is 5.82 Å². The minimum atomic E-state index is -0.223. The highest BCUT2D eigenvalue weighted by Crippen LogP contribution is 2.06. The van der Waals surface area contributed by atoms with Crippen LogP contribution in [0.15, 0.2) is 24.3 Å². The zero-order valence-corrected chi connectivity index (χ0v) is 10.5. The van der Waals surface area contributed by atoms with Gasteiger partial charge in [-0.05, 0) is 37.1 Å². The number of halogens is 1. The Labute approximate surface area is 107 Å². The van der Waals surface area contributed by atoms with E-state index in [1.807, 2.05) is 6.07 Å². The quantitative estimate of drug-likeness (QED) is 0.755. The van der Waals surface area contributed by atoms with Crippen molar-refractivity contribution in [2.45, 2.75) is 25.5 Å². The average molecular weight is 253 g/mol. The molecular formula is C14H20FNO2. The van der Waals surface area contributed by atoms with Crippen LogP contribution in [0, 0.1) is 5.82 Å². The molecule has 2 rings (SSSR count). The second-order valence-electron chi connectivity index (χ2n) is 4.55. The van der Waals surface area contributed by atoms with E-state index >= 15 is 0 Å². The predicted octanol–water partition coefficient (Wildman–Crippen LogP) is 2.11. The fraction of sp³-hybridized carbons (Fsp3) is 0.571. The monoisotopic (exact) mass is 253 g/mol. The Hall–Kier alpha value is -0.970. The second-order valence-corrected chi connectivity index (χ2v) is 4.55. The lowest BCUT2D eigenvalue weighted by Gasteiger charge is -2.10. The van der Waals surface area contributed by atoms with Crippen LogP contribution in [0.1, 0.15) is 18.4 Å². The summed E-state index contributed by atoms with van der Waals surface area (Å²) >= 11 is 0. The molecule has 1 aromatic rings. The fourth-order valence-corrected chi connectivity index (χ4v) is 2.06. The van der Waals surface area contributed by atoms with E-state index in [4.69, 9.17) is 9.47 Å². The normalized spacial score (nSPS) is 19.3. The topological polar surface area (TPSA) is 30.5 Å². The van der Waals surface area contributed by atoms with Crippen LogP contribution in [-0.2, 0) is 16.1 Å². The second kappa shape index (κ2) is 7.46. The summed E-state index contributed by atoms with van der Waals surface area (Å²) in [6.45, 7) is 3.42. The zero-order valence-electron chi connectivity index (χ0n) is 10.5. The molecule has 4 heteroatoms. The van der Waals surface area contributed by atoms with E-state index in [9.17, 15) is 4.39 Å². The van der Waals surface area contributed by atoms with Gasteiger partial charge in [0.05, 0.1) is 26.4 Å². The first-order valence-electron chi connectivity index (χ1n) is 6.48. The number of hydrogen-bond acceptors (Lipinski definition) is 3. The molecule has 1 heterocycles. The Bertz CT molecular complexity index is 353. The molecule has 0 amide bonds. The highest BCUT2D eigenvalue weighted by Gasteiger charge is 2.13. The molecule has 0 radical (unpaired) electrons. The molecular weight excluding hydrogens is 233 g/mol. The largest absolute Gasteiger partial charge is 0.377 e. The van der Waals surface area contributed by atoms with Crippen molar-refractivity contribution in [3.63, 3.8) is 0 Å². The first-order chi connectivity index (χ1) is 8.84. The molecule has 0 aliphatic carbocycles. The SMILES string of the molecule is Fc1cccc(COCCOC[C@@H]2CCCN2)c1. The van der Waals surface area contributed by atoms with Gasteiger partial charge in [0.25, 0.3) is 0 Å². The van der Waals surface area contributed by atoms with Gasteiger partial charge in [-0.25, -0.2) is 4.39 Å². The van der Waals surface area contributed by atoms with Crippen LogP contribution in [0.3, 0.4) is 0 Å². The molecule has 1 aliphatic heterocycles. The van der Waals surface area contributed by atoms with Crippen molar-refractivity contribution in [3.8, 4) is 0 Å². The summed E-state index contributed by atoms with van der Waals surface area (Å²) in [5, 5.41) is 3.37. The first-order valence-corrected chi connectivity index (χ1v) is 6.48. The van der Waals surface area contributed by atoms with Gasteiger partial charge < -0.3 is 14.8 Å². The van der Waals surface area contributed by atoms with Gasteiger partial charge in [0, 0.05) is 6.04 Å². The Morgan fingerprint density at radius 1 is 1.28 bits per heavy atom. The standard InChI is InChI=1S/C14H20FNO2/c15-13-4-1-3-12(9-13)10-17-7-8-18-11-14-5-2-6-16-14/h1,3-4,9,14,16H,2,5-8,10-11H2/t14-/m0/s1. The highest BCUT2D eigenvalue weighted by molar-refractivity contribution is 5.15. The van der Waals surface area contributed by atoms with Gasteiger partial charge in [0.2, 0.25) is 0 Å². The maximum atomic E-state index is 12.9. The first kappa shape index (κ1) is 13.5. The van der Waals surface area contributed by atoms with Crippen LogP contribution >= 0.6 is 0 Å². The van der Waals surface area contributed by atoms with Crippen LogP contribution in [0.25, 0.3) is 0 Å². The lowest BCUT2D eigenvalue weighted by molar-refractivity contribution is 0.0343. The molecule has 1 atom stereocenters. The van der Waals surface area contributed by atoms with Crippen LogP contribution in [0.2, 0.25) is 0 Å². The molecule has 0 saturated carbocycles. The molecule has 1 N–H and O–H groups in total. The minimum Gasteiger partial charge on any atom is -0.377 e. The Morgan fingerprint density at radius 2 is 2.17 bits per heavy atom. The third-order valence-electron chi connectivity index (χ3n) is 3.01. The van der Waals surface area contributed by atoms with E-state index < -0.39 is 0 Å². The Morgan fingerprint density at radius 3 is 2.94 bits per heavy atom. The number of hydrogen-bond donors (Lipinski definition) is 1. The van der Waals surface area contributed by atoms with E-state index in [0.717, 1.165) is 18.7 Å². The average Bonchev–Trinajstić information content (AvgIpc) is 2.87. The van der Waals surface area contributed by atoms with Crippen molar-refractivity contribution in [2.24, 2.45) is 0 Å². The molecule has 0 aromatic heterocycles. The summed E-state index contributed by atoms with van der Waals surface area (Å²) in [6.07, 6.45) is 2.44. The van der Waals surface area contributed by atoms with Crippen molar-refractivity contribution in [1.82, 2.24) is 5.32 Å². The summed E-state index contributed by atoms with van der Waals surface area (Å²) in [7, 11) is 0. The summed E-state index contributed by atoms with van der Waals surface area (Å²) in [4.78, 5) is 0. The fourth-order valence-electron chi connectivity index (χ4n) is 2.06. The van der Waals surface area contributed by atoms with E-state index in [1.165, 1.54) is 25.0 Å². The van der Waals surface area contributed by atoms with E-state index in [2.05, 4.69) is 5.32 Å². The van der Waals surface area contributed by atoms with Gasteiger partial charge >= 0.3 is 0 Å². The summed E-state index contributed by atoms with van der Waals surface area (Å²) in [5.74, 6) is -0.223. The molecule has 0 unspecified atom stereocenters. The van der Waals surface area contributed by atoms with Crippen molar-refractivity contribution < 1.29 is 13.9 Å². The third kappa shape index (κ3) is 4.72. The van der Waals surface area contributed by atoms with Crippen LogP contribution in [-0.4, -0.2) is 32.4 Å². The lowest BCUT2D eigenvalue weighted by atomic mass is 10.2. The number of nitrogens with one attached hydrogen (secondary N) is 1. The molecule has 0 spiro atoms. The lowest BCUT2D eigenvalue weighted by Crippen LogP contribution is -2.27. The van der Waals surface area contributed by atoms with Gasteiger partial charge in [0.15, 0.2) is 0 Å². The van der Waals surface area contributed by atoms with Gasteiger partial charge in [-0.3, -0.25) is 0 Å². The number of rotatable bonds is 7. The highest BCUT2D eigenvalue weighted by atomic mass is 19.1. The van der Waals surface area contributed by atoms with Gasteiger partial charge in [-0.1, -0.05) is 12.1 Å². The predicted molar refractivity (Wildman–Crippen MR) is 67.9 cm³/mol. The summed E-state index contributed by atoms with van der Waals surface area (Å²) < 4.78 is 23.8. The molecule has 1 aliphatic rings. The zero-order chi connectivity index (χ0) is 12.6. The number of ether oxygens (including phenoxy) is 2. The molecule has 1 fully saturated rings. The summed E-state index contributed by atoms with van der Waals surface area (Å²) in [5.41, 5.74) is 0.854. The van der Waals surface area contributed by atoms with Crippen LogP contribution in [0.5, 0.6) is 0 Å². The van der Waals surface area contributed by atoms with Gasteiger partial charge in [-0.2, -0.15) is 0 Å². The maximum absolute atomic E-state index is 12.9. The van der Waals surface area contributed by atoms with Gasteiger partial charge in [0.1, 0.15) is 5.82 Å². The Kier molecular flexibility index (Phi) is 5.58. The molecule has 1 saturated heterocycles. The van der Waals surface area contributed by atoms with E-state index in [0.29, 0.717) is 25.9 Å².